The van der Waals surface area contributed by atoms with Gasteiger partial charge in [-0.2, -0.15) is 0 Å². The van der Waals surface area contributed by atoms with Crippen LogP contribution in [0.4, 0.5) is 0 Å². The summed E-state index contributed by atoms with van der Waals surface area (Å²) < 4.78 is 1.45. The molecule has 0 atom stereocenters. The molecule has 0 N–H and O–H groups in total. The van der Waals surface area contributed by atoms with Crippen LogP contribution >= 0.6 is 0 Å². The van der Waals surface area contributed by atoms with Gasteiger partial charge in [-0.1, -0.05) is 0 Å². The van der Waals surface area contributed by atoms with Gasteiger partial charge in [0, 0.05) is 27.4 Å². The predicted octanol–water partition coefficient (Wildman–Crippen LogP) is 0.346. The van der Waals surface area contributed by atoms with E-state index >= 15 is 0 Å². The number of hydrogen-bond acceptors (Lipinski definition) is 2. The first-order chi connectivity index (χ1) is 3.93. The van der Waals surface area contributed by atoms with Crippen LogP contribution in [0.25, 0.3) is 0 Å². The van der Waals surface area contributed by atoms with E-state index in [0.717, 1.165) is 0 Å². The molecule has 0 bridgehead atoms. The first-order valence-electron chi connectivity index (χ1n) is 2.16. The van der Waals surface area contributed by atoms with E-state index in [9.17, 15) is 0 Å². The summed E-state index contributed by atoms with van der Waals surface area (Å²) in [5.41, 5.74) is 0. The molecule has 5 heteroatoms. The molecule has 1 aromatic heterocycles. The Morgan fingerprint density at radius 1 is 1.70 bits per heavy atom. The summed E-state index contributed by atoms with van der Waals surface area (Å²) in [7, 11) is 0. The molecule has 0 spiro atoms. The number of imidazole rings is 1. The molecule has 10 heavy (non-hydrogen) atoms. The Bertz CT molecular complexity index is 171. The summed E-state index contributed by atoms with van der Waals surface area (Å²) >= 11 is 0. The summed E-state index contributed by atoms with van der Waals surface area (Å²) in [5, 5.41) is 3.73. The summed E-state index contributed by atoms with van der Waals surface area (Å²) in [6.45, 7) is 3.40. The Morgan fingerprint density at radius 2 is 2.40 bits per heavy atom. The van der Waals surface area contributed by atoms with Gasteiger partial charge < -0.3 is 16.6 Å². The fourth-order valence-electron chi connectivity index (χ4n) is 0.375. The zero-order valence-electron chi connectivity index (χ0n) is 5.10. The summed E-state index contributed by atoms with van der Waals surface area (Å²) in [5.74, 6) is 0. The SMILES string of the molecule is [CH2-]/C=N\n1[c-]ncc1.[W+2].[W]. The average Bonchev–Trinajstić information content (AvgIpc) is 2.19. The molecular weight excluding hydrogens is 470 g/mol. The maximum Gasteiger partial charge on any atom is 2.00 e. The van der Waals surface area contributed by atoms with Gasteiger partial charge in [0.15, 0.2) is 0 Å². The van der Waals surface area contributed by atoms with Crippen molar-refractivity contribution in [2.45, 2.75) is 0 Å². The van der Waals surface area contributed by atoms with Crippen LogP contribution in [0.1, 0.15) is 0 Å². The van der Waals surface area contributed by atoms with Crippen molar-refractivity contribution in [3.8, 4) is 0 Å². The summed E-state index contributed by atoms with van der Waals surface area (Å²) in [6.07, 6.45) is 7.28. The minimum Gasteiger partial charge on any atom is -0.385 e. The van der Waals surface area contributed by atoms with Crippen LogP contribution in [0.15, 0.2) is 17.5 Å². The number of hydrogen-bond donors (Lipinski definition) is 0. The van der Waals surface area contributed by atoms with Crippen LogP contribution in [0.3, 0.4) is 0 Å². The second kappa shape index (κ2) is 7.24. The molecule has 0 saturated heterocycles. The van der Waals surface area contributed by atoms with Crippen molar-refractivity contribution in [1.82, 2.24) is 9.66 Å². The van der Waals surface area contributed by atoms with Crippen molar-refractivity contribution in [3.05, 3.63) is 25.6 Å². The van der Waals surface area contributed by atoms with E-state index in [1.165, 1.54) is 10.9 Å². The number of nitrogens with zero attached hydrogens (tertiary/aromatic N) is 3. The first kappa shape index (κ1) is 12.8. The van der Waals surface area contributed by atoms with Crippen LogP contribution in [-0.4, -0.2) is 15.9 Å². The third-order valence-electron chi connectivity index (χ3n) is 0.649. The van der Waals surface area contributed by atoms with Gasteiger partial charge in [0.25, 0.3) is 0 Å². The second-order valence-corrected chi connectivity index (χ2v) is 1.17. The zero-order valence-corrected chi connectivity index (χ0v) is 11.0. The summed E-state index contributed by atoms with van der Waals surface area (Å²) in [4.78, 5) is 3.64. The number of rotatable bonds is 1. The zero-order chi connectivity index (χ0) is 5.82. The van der Waals surface area contributed by atoms with Crippen molar-refractivity contribution in [2.75, 3.05) is 0 Å². The number of aromatic nitrogens is 2. The van der Waals surface area contributed by atoms with E-state index in [2.05, 4.69) is 23.3 Å². The Balaban J connectivity index is 0. The molecule has 0 aliphatic heterocycles. The van der Waals surface area contributed by atoms with Crippen LogP contribution in [0, 0.1) is 13.3 Å². The van der Waals surface area contributed by atoms with Gasteiger partial charge in [-0.15, -0.1) is 18.6 Å². The van der Waals surface area contributed by atoms with E-state index in [-0.39, 0.29) is 42.1 Å². The fraction of sp³-hybridized carbons (Fsp3) is 0. The van der Waals surface area contributed by atoms with Crippen LogP contribution in [-0.2, 0) is 42.1 Å². The molecule has 0 radical (unpaired) electrons. The molecule has 0 aromatic carbocycles. The Morgan fingerprint density at radius 3 is 2.80 bits per heavy atom. The third kappa shape index (κ3) is 4.02. The smallest absolute Gasteiger partial charge is 0.385 e. The standard InChI is InChI=1S/C5H5N3.2W/c1-2-7-8-4-3-6-5-8;;/h2-4H,1H2;;/q-2;;+2/b7-2-;;. The van der Waals surface area contributed by atoms with E-state index in [1.807, 2.05) is 0 Å². The predicted molar refractivity (Wildman–Crippen MR) is 30.3 cm³/mol. The fourth-order valence-corrected chi connectivity index (χ4v) is 0.375. The normalized spacial score (nSPS) is 8.40. The molecule has 0 fully saturated rings. The Hall–Kier alpha value is 0.127. The molecule has 3 nitrogen and oxygen atoms in total. The quantitative estimate of drug-likeness (QED) is 0.427. The van der Waals surface area contributed by atoms with Crippen molar-refractivity contribution in [2.24, 2.45) is 5.10 Å². The van der Waals surface area contributed by atoms with Crippen molar-refractivity contribution in [1.29, 1.82) is 0 Å². The van der Waals surface area contributed by atoms with Crippen LogP contribution in [0.2, 0.25) is 0 Å². The van der Waals surface area contributed by atoms with Gasteiger partial charge >= 0.3 is 21.1 Å². The van der Waals surface area contributed by atoms with Crippen molar-refractivity contribution < 1.29 is 42.1 Å². The molecule has 0 amide bonds. The first-order valence-corrected chi connectivity index (χ1v) is 2.16. The van der Waals surface area contributed by atoms with Crippen LogP contribution < -0.4 is 0 Å². The molecule has 0 aliphatic carbocycles. The van der Waals surface area contributed by atoms with E-state index in [0.29, 0.717) is 0 Å². The second-order valence-electron chi connectivity index (χ2n) is 1.17. The largest absolute Gasteiger partial charge is 2.00 e. The van der Waals surface area contributed by atoms with Crippen molar-refractivity contribution >= 4 is 6.21 Å². The molecule has 0 aliphatic rings. The maximum atomic E-state index is 3.73. The van der Waals surface area contributed by atoms with Crippen molar-refractivity contribution in [3.63, 3.8) is 0 Å². The minimum absolute atomic E-state index is 0. The molecule has 1 rings (SSSR count). The Labute approximate surface area is 88.4 Å². The Kier molecular flexibility index (Phi) is 9.24. The van der Waals surface area contributed by atoms with Gasteiger partial charge in [-0.05, 0) is 0 Å². The molecular formula is C5H5N3W2. The maximum absolute atomic E-state index is 3.73. The van der Waals surface area contributed by atoms with Crippen LogP contribution in [0.5, 0.6) is 0 Å². The van der Waals surface area contributed by atoms with Gasteiger partial charge in [0.05, 0.1) is 0 Å². The topological polar surface area (TPSA) is 30.2 Å². The molecule has 0 unspecified atom stereocenters. The van der Waals surface area contributed by atoms with E-state index in [4.69, 9.17) is 0 Å². The average molecular weight is 475 g/mol. The van der Waals surface area contributed by atoms with Gasteiger partial charge in [-0.25, -0.2) is 5.10 Å². The van der Waals surface area contributed by atoms with E-state index in [1.54, 1.807) is 12.4 Å². The molecule has 0 saturated carbocycles. The van der Waals surface area contributed by atoms with Gasteiger partial charge in [0.2, 0.25) is 0 Å². The molecule has 1 aromatic rings. The monoisotopic (exact) mass is 475 g/mol. The van der Waals surface area contributed by atoms with E-state index < -0.39 is 0 Å². The van der Waals surface area contributed by atoms with Gasteiger partial charge in [0.1, 0.15) is 0 Å². The minimum atomic E-state index is 0. The summed E-state index contributed by atoms with van der Waals surface area (Å²) in [6, 6.07) is 0. The van der Waals surface area contributed by atoms with Gasteiger partial charge in [-0.3, -0.25) is 0 Å². The third-order valence-corrected chi connectivity index (χ3v) is 0.649. The molecule has 52 valence electrons. The molecule has 1 heterocycles.